The monoisotopic (exact) mass is 288 g/mol. The molecule has 1 saturated heterocycles. The number of aliphatic hydroxyl groups excluding tert-OH is 1. The van der Waals surface area contributed by atoms with E-state index >= 15 is 0 Å². The lowest BCUT2D eigenvalue weighted by molar-refractivity contribution is 0.0755. The van der Waals surface area contributed by atoms with Gasteiger partial charge in [0, 0.05) is 38.8 Å². The van der Waals surface area contributed by atoms with Crippen molar-refractivity contribution in [2.75, 3.05) is 26.2 Å². The third kappa shape index (κ3) is 4.06. The van der Waals surface area contributed by atoms with Crippen LogP contribution in [0.1, 0.15) is 43.2 Å². The normalized spacial score (nSPS) is 22.5. The van der Waals surface area contributed by atoms with Crippen molar-refractivity contribution in [3.63, 3.8) is 0 Å². The lowest BCUT2D eigenvalue weighted by Gasteiger charge is -2.40. The first-order valence-electron chi connectivity index (χ1n) is 8.50. The summed E-state index contributed by atoms with van der Waals surface area (Å²) in [5, 5.41) is 9.09. The fourth-order valence-corrected chi connectivity index (χ4v) is 3.74. The molecule has 3 heteroatoms. The van der Waals surface area contributed by atoms with Crippen molar-refractivity contribution in [3.05, 3.63) is 35.4 Å². The zero-order valence-electron chi connectivity index (χ0n) is 13.0. The third-order valence-corrected chi connectivity index (χ3v) is 5.11. The second kappa shape index (κ2) is 7.39. The smallest absolute Gasteiger partial charge is 0.0681 e. The first kappa shape index (κ1) is 15.0. The molecule has 0 aromatic heterocycles. The molecule has 1 heterocycles. The van der Waals surface area contributed by atoms with Crippen LogP contribution in [0.4, 0.5) is 0 Å². The highest BCUT2D eigenvalue weighted by Crippen LogP contribution is 2.23. The molecule has 0 unspecified atom stereocenters. The highest BCUT2D eigenvalue weighted by Gasteiger charge is 2.24. The van der Waals surface area contributed by atoms with Gasteiger partial charge in [0.1, 0.15) is 0 Å². The third-order valence-electron chi connectivity index (χ3n) is 5.11. The summed E-state index contributed by atoms with van der Waals surface area (Å²) in [4.78, 5) is 5.29. The molecule has 2 fully saturated rings. The molecule has 21 heavy (non-hydrogen) atoms. The van der Waals surface area contributed by atoms with Crippen molar-refractivity contribution in [1.29, 1.82) is 0 Å². The van der Waals surface area contributed by atoms with Crippen LogP contribution in [0, 0.1) is 0 Å². The Bertz CT molecular complexity index is 417. The number of rotatable bonds is 4. The highest BCUT2D eigenvalue weighted by atomic mass is 16.3. The van der Waals surface area contributed by atoms with Crippen molar-refractivity contribution in [1.82, 2.24) is 9.80 Å². The number of hydrogen-bond acceptors (Lipinski definition) is 3. The van der Waals surface area contributed by atoms with Crippen LogP contribution < -0.4 is 0 Å². The molecule has 1 N–H and O–H groups in total. The number of nitrogens with zero attached hydrogens (tertiary/aromatic N) is 2. The SMILES string of the molecule is OCc1ccc(CN2CCN(C3CCCCC3)CC2)cc1. The van der Waals surface area contributed by atoms with Crippen LogP contribution in [-0.4, -0.2) is 47.1 Å². The van der Waals surface area contributed by atoms with Gasteiger partial charge in [-0.2, -0.15) is 0 Å². The molecule has 0 spiro atoms. The van der Waals surface area contributed by atoms with Crippen LogP contribution in [0.25, 0.3) is 0 Å². The summed E-state index contributed by atoms with van der Waals surface area (Å²) < 4.78 is 0. The number of hydrogen-bond donors (Lipinski definition) is 1. The summed E-state index contributed by atoms with van der Waals surface area (Å²) in [6.45, 7) is 6.04. The fourth-order valence-electron chi connectivity index (χ4n) is 3.74. The summed E-state index contributed by atoms with van der Waals surface area (Å²) in [6, 6.07) is 9.24. The van der Waals surface area contributed by atoms with Gasteiger partial charge in [-0.15, -0.1) is 0 Å². The lowest BCUT2D eigenvalue weighted by atomic mass is 9.94. The molecular weight excluding hydrogens is 260 g/mol. The quantitative estimate of drug-likeness (QED) is 0.922. The van der Waals surface area contributed by atoms with Gasteiger partial charge in [0.2, 0.25) is 0 Å². The van der Waals surface area contributed by atoms with Crippen LogP contribution in [0.2, 0.25) is 0 Å². The number of aliphatic hydroxyl groups is 1. The zero-order valence-corrected chi connectivity index (χ0v) is 13.0. The predicted molar refractivity (Wildman–Crippen MR) is 86.1 cm³/mol. The van der Waals surface area contributed by atoms with E-state index in [0.29, 0.717) is 0 Å². The van der Waals surface area contributed by atoms with Crippen LogP contribution >= 0.6 is 0 Å². The molecule has 0 bridgehead atoms. The molecular formula is C18H28N2O. The average molecular weight is 288 g/mol. The van der Waals surface area contributed by atoms with Crippen molar-refractivity contribution in [2.24, 2.45) is 0 Å². The molecule has 0 radical (unpaired) electrons. The Balaban J connectivity index is 1.46. The molecule has 1 aromatic rings. The molecule has 1 aliphatic carbocycles. The largest absolute Gasteiger partial charge is 0.392 e. The molecule has 0 amide bonds. The molecule has 1 aromatic carbocycles. The van der Waals surface area contributed by atoms with E-state index in [2.05, 4.69) is 21.9 Å². The van der Waals surface area contributed by atoms with E-state index in [4.69, 9.17) is 5.11 Å². The summed E-state index contributed by atoms with van der Waals surface area (Å²) in [6.07, 6.45) is 7.15. The molecule has 0 atom stereocenters. The second-order valence-electron chi connectivity index (χ2n) is 6.58. The lowest BCUT2D eigenvalue weighted by Crippen LogP contribution is -2.50. The Kier molecular flexibility index (Phi) is 5.28. The Morgan fingerprint density at radius 3 is 2.10 bits per heavy atom. The highest BCUT2D eigenvalue weighted by molar-refractivity contribution is 5.21. The van der Waals surface area contributed by atoms with Gasteiger partial charge >= 0.3 is 0 Å². The summed E-state index contributed by atoms with van der Waals surface area (Å²) >= 11 is 0. The Labute approximate surface area is 128 Å². The van der Waals surface area contributed by atoms with Crippen LogP contribution in [0.5, 0.6) is 0 Å². The van der Waals surface area contributed by atoms with Crippen LogP contribution in [0.3, 0.4) is 0 Å². The van der Waals surface area contributed by atoms with Crippen LogP contribution in [0.15, 0.2) is 24.3 Å². The van der Waals surface area contributed by atoms with Crippen molar-refractivity contribution in [3.8, 4) is 0 Å². The maximum atomic E-state index is 9.09. The second-order valence-corrected chi connectivity index (χ2v) is 6.58. The molecule has 1 aliphatic heterocycles. The van der Waals surface area contributed by atoms with E-state index in [-0.39, 0.29) is 6.61 Å². The first-order valence-corrected chi connectivity index (χ1v) is 8.50. The van der Waals surface area contributed by atoms with Gasteiger partial charge in [-0.25, -0.2) is 0 Å². The minimum Gasteiger partial charge on any atom is -0.392 e. The standard InChI is InChI=1S/C18H28N2O/c21-15-17-8-6-16(7-9-17)14-19-10-12-20(13-11-19)18-4-2-1-3-5-18/h6-9,18,21H,1-5,10-15H2. The summed E-state index contributed by atoms with van der Waals surface area (Å²) in [5.74, 6) is 0. The molecule has 3 rings (SSSR count). The molecule has 116 valence electrons. The van der Waals surface area contributed by atoms with E-state index in [1.165, 1.54) is 63.8 Å². The molecule has 2 aliphatic rings. The van der Waals surface area contributed by atoms with E-state index in [1.54, 1.807) is 0 Å². The van der Waals surface area contributed by atoms with E-state index in [0.717, 1.165) is 18.2 Å². The van der Waals surface area contributed by atoms with E-state index in [1.807, 2.05) is 12.1 Å². The Morgan fingerprint density at radius 2 is 1.48 bits per heavy atom. The van der Waals surface area contributed by atoms with Gasteiger partial charge in [0.05, 0.1) is 6.61 Å². The topological polar surface area (TPSA) is 26.7 Å². The minimum absolute atomic E-state index is 0.139. The maximum Gasteiger partial charge on any atom is 0.0681 e. The average Bonchev–Trinajstić information content (AvgIpc) is 2.57. The first-order chi connectivity index (χ1) is 10.3. The zero-order chi connectivity index (χ0) is 14.5. The Morgan fingerprint density at radius 1 is 0.857 bits per heavy atom. The predicted octanol–water partition coefficient (Wildman–Crippen LogP) is 2.63. The fraction of sp³-hybridized carbons (Fsp3) is 0.667. The summed E-state index contributed by atoms with van der Waals surface area (Å²) in [5.41, 5.74) is 2.36. The molecule has 3 nitrogen and oxygen atoms in total. The van der Waals surface area contributed by atoms with Crippen molar-refractivity contribution in [2.45, 2.75) is 51.3 Å². The van der Waals surface area contributed by atoms with Crippen molar-refractivity contribution >= 4 is 0 Å². The van der Waals surface area contributed by atoms with Gasteiger partial charge in [-0.3, -0.25) is 9.80 Å². The summed E-state index contributed by atoms with van der Waals surface area (Å²) in [7, 11) is 0. The molecule has 1 saturated carbocycles. The van der Waals surface area contributed by atoms with Gasteiger partial charge in [-0.1, -0.05) is 43.5 Å². The minimum atomic E-state index is 0.139. The Hall–Kier alpha value is -0.900. The number of benzene rings is 1. The van der Waals surface area contributed by atoms with Gasteiger partial charge in [0.25, 0.3) is 0 Å². The van der Waals surface area contributed by atoms with Gasteiger partial charge < -0.3 is 5.11 Å². The van der Waals surface area contributed by atoms with Crippen LogP contribution in [-0.2, 0) is 13.2 Å². The van der Waals surface area contributed by atoms with Gasteiger partial charge in [-0.05, 0) is 24.0 Å². The van der Waals surface area contributed by atoms with E-state index < -0.39 is 0 Å². The number of piperazine rings is 1. The van der Waals surface area contributed by atoms with E-state index in [9.17, 15) is 0 Å². The van der Waals surface area contributed by atoms with Gasteiger partial charge in [0.15, 0.2) is 0 Å². The maximum absolute atomic E-state index is 9.09. The van der Waals surface area contributed by atoms with Crippen molar-refractivity contribution < 1.29 is 5.11 Å².